The van der Waals surface area contributed by atoms with Crippen LogP contribution < -0.4 is 0 Å². The molecule has 0 amide bonds. The van der Waals surface area contributed by atoms with Gasteiger partial charge in [0, 0.05) is 0 Å². The molecule has 0 radical (unpaired) electrons. The van der Waals surface area contributed by atoms with Crippen LogP contribution >= 0.6 is 0 Å². The van der Waals surface area contributed by atoms with Crippen molar-refractivity contribution in [1.82, 2.24) is 0 Å². The number of allylic oxidation sites excluding steroid dienone is 1. The molecule has 1 fully saturated rings. The van der Waals surface area contributed by atoms with Gasteiger partial charge in [0.2, 0.25) is 0 Å². The van der Waals surface area contributed by atoms with E-state index in [4.69, 9.17) is 0 Å². The lowest BCUT2D eigenvalue weighted by atomic mass is 9.62. The minimum Gasteiger partial charge on any atom is -0.508 e. The maximum Gasteiger partial charge on any atom is 0.115 e. The molecule has 0 unspecified atom stereocenters. The molecule has 0 heterocycles. The Morgan fingerprint density at radius 2 is 1.65 bits per heavy atom. The maximum atomic E-state index is 9.41. The maximum absolute atomic E-state index is 9.41. The molecule has 0 aromatic heterocycles. The van der Waals surface area contributed by atoms with Gasteiger partial charge in [0.15, 0.2) is 0 Å². The van der Waals surface area contributed by atoms with E-state index in [1.807, 2.05) is 12.1 Å². The minimum atomic E-state index is 0.273. The van der Waals surface area contributed by atoms with E-state index in [0.29, 0.717) is 11.7 Å². The molecule has 1 aromatic rings. The minimum absolute atomic E-state index is 0.273. The standard InChI is InChI=1S/C16H22O/c1-12(2)16(10-8-13(3)9-11-16)14-4-6-15(17)7-5-14/h4-7,12,17H,3,8-11H2,1-2H3. The zero-order valence-corrected chi connectivity index (χ0v) is 10.9. The molecule has 0 atom stereocenters. The van der Waals surface area contributed by atoms with Crippen LogP contribution in [0.5, 0.6) is 5.75 Å². The van der Waals surface area contributed by atoms with Gasteiger partial charge in [0.1, 0.15) is 5.75 Å². The number of phenolic OH excluding ortho intramolecular Hbond substituents is 1. The lowest BCUT2D eigenvalue weighted by Crippen LogP contribution is -2.35. The van der Waals surface area contributed by atoms with E-state index in [2.05, 4.69) is 32.6 Å². The molecule has 2 rings (SSSR count). The van der Waals surface area contributed by atoms with Crippen molar-refractivity contribution in [3.63, 3.8) is 0 Å². The summed E-state index contributed by atoms with van der Waals surface area (Å²) in [5.41, 5.74) is 3.03. The van der Waals surface area contributed by atoms with Crippen molar-refractivity contribution >= 4 is 0 Å². The highest BCUT2D eigenvalue weighted by Gasteiger charge is 2.37. The van der Waals surface area contributed by atoms with Crippen molar-refractivity contribution in [2.24, 2.45) is 5.92 Å². The van der Waals surface area contributed by atoms with Gasteiger partial charge < -0.3 is 5.11 Å². The molecular weight excluding hydrogens is 208 g/mol. The summed E-state index contributed by atoms with van der Waals surface area (Å²) in [4.78, 5) is 0. The van der Waals surface area contributed by atoms with Crippen molar-refractivity contribution in [1.29, 1.82) is 0 Å². The fraction of sp³-hybridized carbons (Fsp3) is 0.500. The third kappa shape index (κ3) is 2.24. The van der Waals surface area contributed by atoms with Gasteiger partial charge in [-0.1, -0.05) is 38.1 Å². The van der Waals surface area contributed by atoms with Crippen LogP contribution in [-0.2, 0) is 5.41 Å². The van der Waals surface area contributed by atoms with Crippen LogP contribution in [0, 0.1) is 5.92 Å². The predicted molar refractivity (Wildman–Crippen MR) is 72.2 cm³/mol. The first-order chi connectivity index (χ1) is 8.04. The van der Waals surface area contributed by atoms with Crippen LogP contribution in [0.3, 0.4) is 0 Å². The molecule has 1 saturated carbocycles. The van der Waals surface area contributed by atoms with Crippen molar-refractivity contribution in [2.75, 3.05) is 0 Å². The quantitative estimate of drug-likeness (QED) is 0.746. The second-order valence-corrected chi connectivity index (χ2v) is 5.61. The smallest absolute Gasteiger partial charge is 0.115 e. The molecule has 0 spiro atoms. The van der Waals surface area contributed by atoms with E-state index in [0.717, 1.165) is 12.8 Å². The molecule has 1 N–H and O–H groups in total. The Morgan fingerprint density at radius 3 is 2.12 bits per heavy atom. The average Bonchev–Trinajstić information content (AvgIpc) is 2.31. The first kappa shape index (κ1) is 12.2. The van der Waals surface area contributed by atoms with E-state index >= 15 is 0 Å². The fourth-order valence-corrected chi connectivity index (χ4v) is 3.04. The van der Waals surface area contributed by atoms with E-state index in [1.165, 1.54) is 24.0 Å². The molecule has 1 aromatic carbocycles. The lowest BCUT2D eigenvalue weighted by molar-refractivity contribution is 0.241. The molecule has 1 aliphatic rings. The van der Waals surface area contributed by atoms with Crippen LogP contribution in [0.25, 0.3) is 0 Å². The van der Waals surface area contributed by atoms with Gasteiger partial charge in [0.05, 0.1) is 0 Å². The first-order valence-electron chi connectivity index (χ1n) is 6.51. The Hall–Kier alpha value is -1.24. The van der Waals surface area contributed by atoms with Crippen LogP contribution in [-0.4, -0.2) is 5.11 Å². The molecule has 0 aliphatic heterocycles. The van der Waals surface area contributed by atoms with Crippen LogP contribution in [0.1, 0.15) is 45.1 Å². The zero-order valence-electron chi connectivity index (χ0n) is 10.9. The number of rotatable bonds is 2. The zero-order chi connectivity index (χ0) is 12.5. The lowest BCUT2D eigenvalue weighted by Gasteiger charge is -2.42. The summed E-state index contributed by atoms with van der Waals surface area (Å²) in [6, 6.07) is 7.79. The molecule has 1 nitrogen and oxygen atoms in total. The monoisotopic (exact) mass is 230 g/mol. The largest absolute Gasteiger partial charge is 0.508 e. The van der Waals surface area contributed by atoms with Gasteiger partial charge in [-0.25, -0.2) is 0 Å². The van der Waals surface area contributed by atoms with Crippen molar-refractivity contribution < 1.29 is 5.11 Å². The topological polar surface area (TPSA) is 20.2 Å². The van der Waals surface area contributed by atoms with Crippen LogP contribution in [0.15, 0.2) is 36.4 Å². The van der Waals surface area contributed by atoms with Crippen LogP contribution in [0.4, 0.5) is 0 Å². The predicted octanol–water partition coefficient (Wildman–Crippen LogP) is 4.42. The highest BCUT2D eigenvalue weighted by atomic mass is 16.3. The van der Waals surface area contributed by atoms with Gasteiger partial charge in [-0.3, -0.25) is 0 Å². The first-order valence-corrected chi connectivity index (χ1v) is 6.51. The summed E-state index contributed by atoms with van der Waals surface area (Å²) in [5.74, 6) is 0.980. The third-order valence-corrected chi connectivity index (χ3v) is 4.40. The number of phenols is 1. The summed E-state index contributed by atoms with van der Waals surface area (Å²) >= 11 is 0. The van der Waals surface area contributed by atoms with Gasteiger partial charge in [-0.05, 0) is 54.7 Å². The molecule has 92 valence electrons. The summed E-state index contributed by atoms with van der Waals surface area (Å²) in [7, 11) is 0. The Kier molecular flexibility index (Phi) is 3.28. The Bertz CT molecular complexity index is 390. The number of benzene rings is 1. The van der Waals surface area contributed by atoms with Gasteiger partial charge >= 0.3 is 0 Å². The molecular formula is C16H22O. The number of hydrogen-bond acceptors (Lipinski definition) is 1. The highest BCUT2D eigenvalue weighted by molar-refractivity contribution is 5.33. The van der Waals surface area contributed by atoms with Gasteiger partial charge in [0.25, 0.3) is 0 Å². The molecule has 1 heteroatoms. The summed E-state index contributed by atoms with van der Waals surface area (Å²) in [6.45, 7) is 8.72. The summed E-state index contributed by atoms with van der Waals surface area (Å²) in [6.07, 6.45) is 4.65. The molecule has 17 heavy (non-hydrogen) atoms. The van der Waals surface area contributed by atoms with Gasteiger partial charge in [-0.2, -0.15) is 0 Å². The normalized spacial score (nSPS) is 19.6. The Balaban J connectivity index is 2.34. The van der Waals surface area contributed by atoms with Crippen molar-refractivity contribution in [2.45, 2.75) is 44.9 Å². The van der Waals surface area contributed by atoms with E-state index in [-0.39, 0.29) is 5.41 Å². The number of aromatic hydroxyl groups is 1. The van der Waals surface area contributed by atoms with E-state index < -0.39 is 0 Å². The Labute approximate surface area is 104 Å². The van der Waals surface area contributed by atoms with Crippen molar-refractivity contribution in [3.05, 3.63) is 42.0 Å². The molecule has 0 saturated heterocycles. The highest BCUT2D eigenvalue weighted by Crippen LogP contribution is 2.46. The van der Waals surface area contributed by atoms with E-state index in [9.17, 15) is 5.11 Å². The molecule has 1 aliphatic carbocycles. The SMILES string of the molecule is C=C1CCC(c2ccc(O)cc2)(C(C)C)CC1. The second-order valence-electron chi connectivity index (χ2n) is 5.61. The van der Waals surface area contributed by atoms with Gasteiger partial charge in [-0.15, -0.1) is 0 Å². The fourth-order valence-electron chi connectivity index (χ4n) is 3.04. The summed E-state index contributed by atoms with van der Waals surface area (Å²) in [5, 5.41) is 9.41. The number of hydrogen-bond donors (Lipinski definition) is 1. The third-order valence-electron chi connectivity index (χ3n) is 4.40. The van der Waals surface area contributed by atoms with E-state index in [1.54, 1.807) is 0 Å². The average molecular weight is 230 g/mol. The van der Waals surface area contributed by atoms with Crippen LogP contribution in [0.2, 0.25) is 0 Å². The van der Waals surface area contributed by atoms with Crippen molar-refractivity contribution in [3.8, 4) is 5.75 Å². The molecule has 0 bridgehead atoms. The Morgan fingerprint density at radius 1 is 1.12 bits per heavy atom. The second kappa shape index (κ2) is 4.56. The summed E-state index contributed by atoms with van der Waals surface area (Å²) < 4.78 is 0.